The number of alkyl carbamates (subject to hydrolysis) is 1. The molecule has 2 aliphatic heterocycles. The van der Waals surface area contributed by atoms with Crippen LogP contribution in [0.3, 0.4) is 0 Å². The predicted octanol–water partition coefficient (Wildman–Crippen LogP) is 3.68. The zero-order chi connectivity index (χ0) is 37.7. The highest BCUT2D eigenvalue weighted by molar-refractivity contribution is 7.91. The summed E-state index contributed by atoms with van der Waals surface area (Å²) in [6, 6.07) is 14.7. The molecule has 5 atom stereocenters. The van der Waals surface area contributed by atoms with Gasteiger partial charge in [-0.2, -0.15) is 0 Å². The molecule has 282 valence electrons. The van der Waals surface area contributed by atoms with Gasteiger partial charge in [0.15, 0.2) is 0 Å². The number of hydrogen-bond acceptors (Lipinski definition) is 10. The summed E-state index contributed by atoms with van der Waals surface area (Å²) < 4.78 is 45.6. The number of nitrogens with one attached hydrogen (secondary N) is 3. The fourth-order valence-electron chi connectivity index (χ4n) is 7.24. The molecule has 53 heavy (non-hydrogen) atoms. The van der Waals surface area contributed by atoms with Gasteiger partial charge in [0.25, 0.3) is 5.91 Å². The Morgan fingerprint density at radius 1 is 1.04 bits per heavy atom. The van der Waals surface area contributed by atoms with Crippen molar-refractivity contribution >= 4 is 44.7 Å². The van der Waals surface area contributed by atoms with Crippen molar-refractivity contribution in [1.82, 2.24) is 25.2 Å². The minimum absolute atomic E-state index is 0.0326. The molecule has 0 radical (unpaired) electrons. The Labute approximate surface area is 308 Å². The minimum Gasteiger partial charge on any atom is -0.490 e. The smallest absolute Gasteiger partial charge is 0.407 e. The van der Waals surface area contributed by atoms with Gasteiger partial charge in [-0.05, 0) is 60.4 Å². The van der Waals surface area contributed by atoms with Crippen molar-refractivity contribution in [2.75, 3.05) is 19.8 Å². The van der Waals surface area contributed by atoms with Gasteiger partial charge in [-0.15, -0.1) is 0 Å². The van der Waals surface area contributed by atoms with Gasteiger partial charge in [0.05, 0.1) is 17.3 Å². The number of cyclic esters (lactones) is 1. The number of fused-ring (bicyclic) bond motifs is 7. The average Bonchev–Trinajstić information content (AvgIpc) is 4.04. The van der Waals surface area contributed by atoms with Gasteiger partial charge < -0.3 is 29.7 Å². The number of para-hydroxylation sites is 1. The van der Waals surface area contributed by atoms with Crippen molar-refractivity contribution in [2.45, 2.75) is 88.8 Å². The van der Waals surface area contributed by atoms with Crippen molar-refractivity contribution in [2.24, 2.45) is 11.3 Å². The average molecular weight is 748 g/mol. The molecule has 3 fully saturated rings. The Morgan fingerprint density at radius 3 is 2.51 bits per heavy atom. The van der Waals surface area contributed by atoms with Crippen molar-refractivity contribution in [3.8, 4) is 22.8 Å². The summed E-state index contributed by atoms with van der Waals surface area (Å²) >= 11 is 0. The number of sulfonamides is 1. The highest BCUT2D eigenvalue weighted by atomic mass is 32.2. The highest BCUT2D eigenvalue weighted by Crippen LogP contribution is 2.47. The van der Waals surface area contributed by atoms with Crippen molar-refractivity contribution in [1.29, 1.82) is 0 Å². The fraction of sp³-hybridized carbons (Fsp3) is 0.500. The molecule has 1 saturated heterocycles. The lowest BCUT2D eigenvalue weighted by molar-refractivity contribution is -0.143. The molecular formula is C38H45N5O9S. The molecule has 2 unspecified atom stereocenters. The van der Waals surface area contributed by atoms with Crippen LogP contribution in [0.5, 0.6) is 11.6 Å². The Bertz CT molecular complexity index is 2060. The number of carbonyl (C=O) groups excluding carboxylic acids is 4. The normalized spacial score (nSPS) is 26.2. The van der Waals surface area contributed by atoms with E-state index in [1.807, 2.05) is 55.5 Å². The van der Waals surface area contributed by atoms with Gasteiger partial charge in [0, 0.05) is 17.4 Å². The van der Waals surface area contributed by atoms with Crippen molar-refractivity contribution < 1.29 is 41.8 Å². The third kappa shape index (κ3) is 7.48. The maximum atomic E-state index is 14.5. The maximum absolute atomic E-state index is 14.5. The monoisotopic (exact) mass is 747 g/mol. The number of ether oxygens (including phenoxy) is 3. The van der Waals surface area contributed by atoms with Crippen molar-refractivity contribution in [3.05, 3.63) is 54.6 Å². The van der Waals surface area contributed by atoms with Gasteiger partial charge in [-0.1, -0.05) is 64.4 Å². The second-order valence-corrected chi connectivity index (χ2v) is 17.4. The van der Waals surface area contributed by atoms with E-state index in [1.165, 1.54) is 4.90 Å². The third-order valence-corrected chi connectivity index (χ3v) is 12.3. The summed E-state index contributed by atoms with van der Waals surface area (Å²) in [6.07, 6.45) is 0.208. The van der Waals surface area contributed by atoms with Crippen LogP contribution in [0.4, 0.5) is 4.79 Å². The lowest BCUT2D eigenvalue weighted by atomic mass is 9.85. The first-order valence-corrected chi connectivity index (χ1v) is 19.6. The molecule has 3 N–H and O–H groups in total. The summed E-state index contributed by atoms with van der Waals surface area (Å²) in [5.74, 6) is -1.41. The summed E-state index contributed by atoms with van der Waals surface area (Å²) in [7, 11) is -3.87. The number of hydrogen-bond donors (Lipinski definition) is 3. The molecule has 1 aromatic heterocycles. The minimum atomic E-state index is -3.87. The molecule has 4 aliphatic rings. The molecule has 7 rings (SSSR count). The van der Waals surface area contributed by atoms with Crippen LogP contribution < -0.4 is 24.8 Å². The second-order valence-electron chi connectivity index (χ2n) is 15.4. The molecule has 2 aromatic carbocycles. The van der Waals surface area contributed by atoms with E-state index in [0.29, 0.717) is 42.0 Å². The number of rotatable bonds is 6. The molecule has 2 saturated carbocycles. The van der Waals surface area contributed by atoms with E-state index < -0.39 is 68.2 Å². The molecule has 2 aliphatic carbocycles. The van der Waals surface area contributed by atoms with Crippen LogP contribution in [0.1, 0.15) is 59.8 Å². The van der Waals surface area contributed by atoms with E-state index in [0.717, 1.165) is 10.9 Å². The molecular weight excluding hydrogens is 703 g/mol. The zero-order valence-electron chi connectivity index (χ0n) is 30.2. The van der Waals surface area contributed by atoms with Crippen LogP contribution in [-0.4, -0.2) is 90.9 Å². The largest absolute Gasteiger partial charge is 0.490 e. The number of carbonyl (C=O) groups is 4. The van der Waals surface area contributed by atoms with Crippen LogP contribution >= 0.6 is 0 Å². The first-order chi connectivity index (χ1) is 25.2. The van der Waals surface area contributed by atoms with E-state index in [1.54, 1.807) is 26.8 Å². The Morgan fingerprint density at radius 2 is 1.79 bits per heavy atom. The van der Waals surface area contributed by atoms with Crippen LogP contribution in [0.15, 0.2) is 54.6 Å². The maximum Gasteiger partial charge on any atom is 0.407 e. The summed E-state index contributed by atoms with van der Waals surface area (Å²) in [5.41, 5.74) is -0.155. The van der Waals surface area contributed by atoms with Crippen LogP contribution in [-0.2, 0) is 29.1 Å². The van der Waals surface area contributed by atoms with Crippen molar-refractivity contribution in [3.63, 3.8) is 0 Å². The number of pyridine rings is 1. The standard InChI is InChI=1S/C38H45N5O9S/c1-5-24-20-38(24,35(46)42-53(48,49)27-13-14-27)41-32(44)30-19-26-21-43(30)34(45)31(37(2,3)4)40-36(47)51-16-15-50-25-11-8-10-22(17-25)28-18-23-9-6-7-12-29(23)39-33(28)52-26/h6-12,17-18,24,26-27,30-31H,5,13-16,19-21H2,1-4H3,(H,40,47)(H,41,44)(H,42,46)/t24-,26?,30+,31-,38?/m1/s1. The van der Waals surface area contributed by atoms with Gasteiger partial charge in [-0.25, -0.2) is 18.2 Å². The van der Waals surface area contributed by atoms with Crippen LogP contribution in [0.2, 0.25) is 0 Å². The highest BCUT2D eigenvalue weighted by Gasteiger charge is 2.62. The number of aromatic nitrogens is 1. The number of nitrogens with zero attached hydrogens (tertiary/aromatic N) is 2. The zero-order valence-corrected chi connectivity index (χ0v) is 31.0. The molecule has 3 heterocycles. The Hall–Kier alpha value is -4.92. The topological polar surface area (TPSA) is 182 Å². The lowest BCUT2D eigenvalue weighted by Crippen LogP contribution is -2.60. The summed E-state index contributed by atoms with van der Waals surface area (Å²) in [4.78, 5) is 61.7. The SMILES string of the molecule is CC[C@@H]1CC1(NC(=O)[C@@H]1CC2CN1C(=O)[C@H](C(C)(C)C)NC(=O)OCCOc1cccc(c1)-c1cc3ccccc3nc1O2)C(=O)NS(=O)(=O)C1CC1. The molecule has 0 spiro atoms. The quantitative estimate of drug-likeness (QED) is 0.337. The third-order valence-electron chi connectivity index (χ3n) is 10.5. The molecule has 4 amide bonds. The van der Waals surface area contributed by atoms with Gasteiger partial charge >= 0.3 is 6.09 Å². The first kappa shape index (κ1) is 36.4. The molecule has 14 nitrogen and oxygen atoms in total. The van der Waals surface area contributed by atoms with E-state index in [2.05, 4.69) is 15.4 Å². The summed E-state index contributed by atoms with van der Waals surface area (Å²) in [6.45, 7) is 7.14. The number of benzene rings is 2. The second kappa shape index (κ2) is 13.8. The van der Waals surface area contributed by atoms with Gasteiger partial charge in [0.2, 0.25) is 27.7 Å². The Kier molecular flexibility index (Phi) is 9.49. The predicted molar refractivity (Wildman–Crippen MR) is 194 cm³/mol. The van der Waals surface area contributed by atoms with Crippen LogP contribution in [0.25, 0.3) is 22.0 Å². The van der Waals surface area contributed by atoms with E-state index in [4.69, 9.17) is 19.2 Å². The first-order valence-electron chi connectivity index (χ1n) is 18.1. The molecule has 4 bridgehead atoms. The summed E-state index contributed by atoms with van der Waals surface area (Å²) in [5, 5.41) is 5.82. The van der Waals surface area contributed by atoms with E-state index in [-0.39, 0.29) is 38.5 Å². The van der Waals surface area contributed by atoms with E-state index >= 15 is 0 Å². The fourth-order valence-corrected chi connectivity index (χ4v) is 8.61. The lowest BCUT2D eigenvalue weighted by Gasteiger charge is -2.35. The Balaban J connectivity index is 1.25. The number of amides is 4. The van der Waals surface area contributed by atoms with Crippen LogP contribution in [0, 0.1) is 11.3 Å². The van der Waals surface area contributed by atoms with Gasteiger partial charge in [-0.3, -0.25) is 19.1 Å². The molecule has 3 aromatic rings. The van der Waals surface area contributed by atoms with E-state index in [9.17, 15) is 27.6 Å². The molecule has 15 heteroatoms. The van der Waals surface area contributed by atoms with Gasteiger partial charge in [0.1, 0.15) is 42.7 Å².